The Hall–Kier alpha value is -1.71. The fourth-order valence-electron chi connectivity index (χ4n) is 0.900. The van der Waals surface area contributed by atoms with Gasteiger partial charge in [-0.05, 0) is 24.3 Å². The first-order valence-electron chi connectivity index (χ1n) is 3.40. The largest absolute Gasteiger partial charge is 0.220 e. The van der Waals surface area contributed by atoms with Gasteiger partial charge in [0.1, 0.15) is 12.0 Å². The molecule has 1 radical (unpaired) electrons. The van der Waals surface area contributed by atoms with Gasteiger partial charge in [0.05, 0.1) is 11.9 Å². The smallest absolute Gasteiger partial charge is 0.135 e. The quantitative estimate of drug-likeness (QED) is 0.630. The van der Waals surface area contributed by atoms with Crippen molar-refractivity contribution < 1.29 is 4.39 Å². The van der Waals surface area contributed by atoms with Gasteiger partial charge in [-0.2, -0.15) is 0 Å². The molecule has 0 spiro atoms. The van der Waals surface area contributed by atoms with Gasteiger partial charge >= 0.3 is 0 Å². The number of halogens is 1. The summed E-state index contributed by atoms with van der Waals surface area (Å²) in [6, 6.07) is 5.99. The molecule has 2 aromatic rings. The summed E-state index contributed by atoms with van der Waals surface area (Å²) in [5, 5.41) is 7.22. The van der Waals surface area contributed by atoms with E-state index in [0.717, 1.165) is 5.69 Å². The van der Waals surface area contributed by atoms with Crippen LogP contribution in [0.5, 0.6) is 0 Å². The lowest BCUT2D eigenvalue weighted by atomic mass is 10.3. The second-order valence-electron chi connectivity index (χ2n) is 2.27. The predicted octanol–water partition coefficient (Wildman–Crippen LogP) is 1.21. The predicted molar refractivity (Wildman–Crippen MR) is 40.2 cm³/mol. The molecule has 4 heteroatoms. The normalized spacial score (nSPS) is 10.1. The van der Waals surface area contributed by atoms with Crippen LogP contribution in [0.2, 0.25) is 0 Å². The van der Waals surface area contributed by atoms with E-state index in [-0.39, 0.29) is 5.82 Å². The topological polar surface area (TPSA) is 30.7 Å². The minimum atomic E-state index is -0.261. The molecule has 0 aliphatic carbocycles. The van der Waals surface area contributed by atoms with Gasteiger partial charge < -0.3 is 0 Å². The third-order valence-electron chi connectivity index (χ3n) is 1.47. The van der Waals surface area contributed by atoms with E-state index in [1.807, 2.05) is 0 Å². The van der Waals surface area contributed by atoms with Crippen LogP contribution in [-0.2, 0) is 0 Å². The van der Waals surface area contributed by atoms with Crippen LogP contribution < -0.4 is 0 Å². The van der Waals surface area contributed by atoms with Crippen LogP contribution in [0.1, 0.15) is 0 Å². The zero-order chi connectivity index (χ0) is 8.39. The minimum absolute atomic E-state index is 0.261. The van der Waals surface area contributed by atoms with Gasteiger partial charge in [-0.15, -0.1) is 5.10 Å². The fourth-order valence-corrected chi connectivity index (χ4v) is 0.900. The Morgan fingerprint density at radius 3 is 2.58 bits per heavy atom. The van der Waals surface area contributed by atoms with Gasteiger partial charge in [-0.1, -0.05) is 5.21 Å². The van der Waals surface area contributed by atoms with Crippen LogP contribution in [0.25, 0.3) is 5.69 Å². The van der Waals surface area contributed by atoms with Crippen molar-refractivity contribution >= 4 is 0 Å². The molecule has 1 aromatic heterocycles. The van der Waals surface area contributed by atoms with Crippen LogP contribution >= 0.6 is 0 Å². The molecule has 0 atom stereocenters. The zero-order valence-corrected chi connectivity index (χ0v) is 6.11. The fraction of sp³-hybridized carbons (Fsp3) is 0. The lowest BCUT2D eigenvalue weighted by molar-refractivity contribution is 0.626. The first-order chi connectivity index (χ1) is 5.86. The van der Waals surface area contributed by atoms with E-state index in [1.54, 1.807) is 18.3 Å². The molecule has 0 saturated carbocycles. The van der Waals surface area contributed by atoms with E-state index in [0.29, 0.717) is 0 Å². The average molecular weight is 162 g/mol. The summed E-state index contributed by atoms with van der Waals surface area (Å²) in [5.74, 6) is -0.261. The van der Waals surface area contributed by atoms with E-state index in [4.69, 9.17) is 0 Å². The Balaban J connectivity index is 2.43. The van der Waals surface area contributed by atoms with Crippen molar-refractivity contribution in [1.29, 1.82) is 0 Å². The maximum absolute atomic E-state index is 12.5. The Morgan fingerprint density at radius 2 is 2.00 bits per heavy atom. The zero-order valence-electron chi connectivity index (χ0n) is 6.11. The minimum Gasteiger partial charge on any atom is -0.220 e. The molecule has 0 N–H and O–H groups in total. The lowest BCUT2D eigenvalue weighted by Gasteiger charge is -1.97. The first kappa shape index (κ1) is 6.97. The van der Waals surface area contributed by atoms with E-state index in [2.05, 4.69) is 16.5 Å². The van der Waals surface area contributed by atoms with Gasteiger partial charge in [0.15, 0.2) is 0 Å². The summed E-state index contributed by atoms with van der Waals surface area (Å²) in [6.45, 7) is 0. The van der Waals surface area contributed by atoms with E-state index in [1.165, 1.54) is 16.8 Å². The van der Waals surface area contributed by atoms with Gasteiger partial charge in [0, 0.05) is 0 Å². The summed E-state index contributed by atoms with van der Waals surface area (Å²) < 4.78 is 14.0. The molecule has 1 aromatic carbocycles. The molecule has 0 fully saturated rings. The third-order valence-corrected chi connectivity index (χ3v) is 1.47. The summed E-state index contributed by atoms with van der Waals surface area (Å²) in [6.07, 6.45) is 4.13. The Labute approximate surface area is 68.4 Å². The Kier molecular flexibility index (Phi) is 1.59. The van der Waals surface area contributed by atoms with Gasteiger partial charge in [-0.3, -0.25) is 0 Å². The second-order valence-corrected chi connectivity index (χ2v) is 2.27. The van der Waals surface area contributed by atoms with Crippen molar-refractivity contribution in [2.75, 3.05) is 0 Å². The molecule has 0 saturated heterocycles. The van der Waals surface area contributed by atoms with Crippen LogP contribution in [-0.4, -0.2) is 15.0 Å². The lowest BCUT2D eigenvalue weighted by Crippen LogP contribution is -1.94. The molecule has 0 aliphatic heterocycles. The number of aromatic nitrogens is 3. The molecule has 0 unspecified atom stereocenters. The van der Waals surface area contributed by atoms with Crippen molar-refractivity contribution in [1.82, 2.24) is 15.0 Å². The molecule has 12 heavy (non-hydrogen) atoms. The van der Waals surface area contributed by atoms with E-state index in [9.17, 15) is 4.39 Å². The van der Waals surface area contributed by atoms with Crippen molar-refractivity contribution in [3.63, 3.8) is 0 Å². The highest BCUT2D eigenvalue weighted by Gasteiger charge is 1.95. The highest BCUT2D eigenvalue weighted by molar-refractivity contribution is 5.29. The number of hydrogen-bond donors (Lipinski definition) is 0. The SMILES string of the molecule is Fc1ccc(-n2c[c]nn2)cc1. The summed E-state index contributed by atoms with van der Waals surface area (Å²) in [7, 11) is 0. The van der Waals surface area contributed by atoms with Crippen molar-refractivity contribution in [2.45, 2.75) is 0 Å². The van der Waals surface area contributed by atoms with E-state index < -0.39 is 0 Å². The Bertz CT molecular complexity index is 352. The van der Waals surface area contributed by atoms with Crippen LogP contribution in [0, 0.1) is 12.0 Å². The highest BCUT2D eigenvalue weighted by atomic mass is 19.1. The van der Waals surface area contributed by atoms with Gasteiger partial charge in [0.2, 0.25) is 0 Å². The molecular weight excluding hydrogens is 157 g/mol. The summed E-state index contributed by atoms with van der Waals surface area (Å²) in [4.78, 5) is 0. The first-order valence-corrected chi connectivity index (χ1v) is 3.40. The number of hydrogen-bond acceptors (Lipinski definition) is 2. The highest BCUT2D eigenvalue weighted by Crippen LogP contribution is 2.05. The third kappa shape index (κ3) is 1.18. The molecule has 59 valence electrons. The van der Waals surface area contributed by atoms with Crippen molar-refractivity contribution in [2.24, 2.45) is 0 Å². The van der Waals surface area contributed by atoms with Crippen LogP contribution in [0.15, 0.2) is 30.5 Å². The van der Waals surface area contributed by atoms with Gasteiger partial charge in [0.25, 0.3) is 0 Å². The molecular formula is C8H5FN3. The maximum atomic E-state index is 12.5. The van der Waals surface area contributed by atoms with Crippen molar-refractivity contribution in [3.05, 3.63) is 42.5 Å². The van der Waals surface area contributed by atoms with Crippen LogP contribution in [0.4, 0.5) is 4.39 Å². The maximum Gasteiger partial charge on any atom is 0.135 e. The molecule has 0 aliphatic rings. The number of benzene rings is 1. The molecule has 0 amide bonds. The van der Waals surface area contributed by atoms with E-state index >= 15 is 0 Å². The van der Waals surface area contributed by atoms with Gasteiger partial charge in [-0.25, -0.2) is 9.07 Å². The molecule has 1 heterocycles. The number of rotatable bonds is 1. The van der Waals surface area contributed by atoms with Crippen molar-refractivity contribution in [3.8, 4) is 5.69 Å². The summed E-state index contributed by atoms with van der Waals surface area (Å²) in [5.41, 5.74) is 0.769. The van der Waals surface area contributed by atoms with Crippen LogP contribution in [0.3, 0.4) is 0 Å². The molecule has 2 rings (SSSR count). The standard InChI is InChI=1S/C8H5FN3/c9-7-1-3-8(4-2-7)12-6-5-10-11-12/h1-4,6H. The molecule has 3 nitrogen and oxygen atoms in total. The molecule has 0 bridgehead atoms. The summed E-state index contributed by atoms with van der Waals surface area (Å²) >= 11 is 0. The average Bonchev–Trinajstić information content (AvgIpc) is 2.58. The monoisotopic (exact) mass is 162 g/mol. The Morgan fingerprint density at radius 1 is 1.25 bits per heavy atom. The number of nitrogens with zero attached hydrogens (tertiary/aromatic N) is 3. The second kappa shape index (κ2) is 2.73.